The summed E-state index contributed by atoms with van der Waals surface area (Å²) in [5.74, 6) is -2.82. The van der Waals surface area contributed by atoms with E-state index in [1.807, 2.05) is 0 Å². The molecule has 1 aliphatic rings. The van der Waals surface area contributed by atoms with Crippen LogP contribution in [-0.2, 0) is 21.3 Å². The summed E-state index contributed by atoms with van der Waals surface area (Å²) in [6.45, 7) is 8.70. The van der Waals surface area contributed by atoms with Crippen LogP contribution in [0.2, 0.25) is 0 Å². The zero-order valence-corrected chi connectivity index (χ0v) is 23.9. The van der Waals surface area contributed by atoms with E-state index in [4.69, 9.17) is 18.6 Å². The number of hydrogen-bond acceptors (Lipinski definition) is 9. The summed E-state index contributed by atoms with van der Waals surface area (Å²) in [5, 5.41) is 19.7. The molecule has 10 nitrogen and oxygen atoms in total. The third-order valence-electron chi connectivity index (χ3n) is 6.23. The van der Waals surface area contributed by atoms with E-state index in [9.17, 15) is 36.2 Å². The van der Waals surface area contributed by atoms with Crippen molar-refractivity contribution >= 4 is 11.8 Å². The second kappa shape index (κ2) is 12.9. The number of ether oxygens (including phenoxy) is 3. The minimum atomic E-state index is -5.16. The molecule has 3 rings (SSSR count). The first-order chi connectivity index (χ1) is 19.9. The number of carbonyl (C=O) groups excluding carboxylic acids is 1. The quantitative estimate of drug-likeness (QED) is 0.276. The maximum atomic E-state index is 14.8. The number of aliphatic hydroxyl groups is 1. The van der Waals surface area contributed by atoms with E-state index in [-0.39, 0.29) is 19.4 Å². The molecule has 1 amide bonds. The van der Waals surface area contributed by atoms with Gasteiger partial charge in [-0.15, -0.1) is 10.2 Å². The van der Waals surface area contributed by atoms with E-state index < -0.39 is 89.8 Å². The largest absolute Gasteiger partial charge is 0.477 e. The summed E-state index contributed by atoms with van der Waals surface area (Å²) >= 11 is 0. The highest BCUT2D eigenvalue weighted by Crippen LogP contribution is 2.47. The minimum absolute atomic E-state index is 0.0230. The number of anilines is 1. The molecule has 238 valence electrons. The molecule has 0 aliphatic carbocycles. The molecule has 0 saturated heterocycles. The van der Waals surface area contributed by atoms with Crippen LogP contribution in [-0.4, -0.2) is 57.5 Å². The molecule has 3 heterocycles. The number of rotatable bonds is 5. The van der Waals surface area contributed by atoms with Crippen LogP contribution in [0.15, 0.2) is 34.8 Å². The van der Waals surface area contributed by atoms with Crippen LogP contribution in [0.5, 0.6) is 5.88 Å². The van der Waals surface area contributed by atoms with E-state index in [0.717, 1.165) is 0 Å². The van der Waals surface area contributed by atoms with E-state index in [0.29, 0.717) is 11.6 Å². The van der Waals surface area contributed by atoms with E-state index in [1.165, 1.54) is 32.9 Å². The average molecular weight is 623 g/mol. The number of halogens is 6. The predicted molar refractivity (Wildman–Crippen MR) is 140 cm³/mol. The lowest BCUT2D eigenvalue weighted by atomic mass is 9.93. The topological polar surface area (TPSA) is 129 Å². The van der Waals surface area contributed by atoms with Crippen molar-refractivity contribution in [2.24, 2.45) is 0 Å². The molecule has 2 aromatic heterocycles. The summed E-state index contributed by atoms with van der Waals surface area (Å²) in [5.41, 5.74) is -6.63. The van der Waals surface area contributed by atoms with Crippen LogP contribution in [0.4, 0.5) is 36.8 Å². The van der Waals surface area contributed by atoms with Gasteiger partial charge in [0, 0.05) is 0 Å². The highest BCUT2D eigenvalue weighted by atomic mass is 19.4. The van der Waals surface area contributed by atoms with Gasteiger partial charge in [0.1, 0.15) is 11.2 Å². The van der Waals surface area contributed by atoms with Crippen molar-refractivity contribution in [2.75, 3.05) is 18.5 Å². The minimum Gasteiger partial charge on any atom is -0.477 e. The van der Waals surface area contributed by atoms with Gasteiger partial charge >= 0.3 is 18.4 Å². The Morgan fingerprint density at radius 1 is 1.21 bits per heavy atom. The fourth-order valence-electron chi connectivity index (χ4n) is 4.02. The van der Waals surface area contributed by atoms with E-state index in [2.05, 4.69) is 27.1 Å². The Balaban J connectivity index is 2.26. The Morgan fingerprint density at radius 2 is 1.91 bits per heavy atom. The number of aliphatic hydroxyl groups excluding tert-OH is 1. The molecule has 0 aromatic carbocycles. The molecular weight excluding hydrogens is 590 g/mol. The molecule has 2 N–H and O–H groups in total. The van der Waals surface area contributed by atoms with Gasteiger partial charge in [0.05, 0.1) is 25.0 Å². The molecule has 43 heavy (non-hydrogen) atoms. The maximum Gasteiger partial charge on any atom is 0.426 e. The van der Waals surface area contributed by atoms with Crippen LogP contribution in [0.1, 0.15) is 64.8 Å². The van der Waals surface area contributed by atoms with Gasteiger partial charge in [-0.3, -0.25) is 5.32 Å². The molecule has 2 aromatic rings. The van der Waals surface area contributed by atoms with Crippen LogP contribution < -0.4 is 10.1 Å². The second-order valence-electron chi connectivity index (χ2n) is 10.6. The summed E-state index contributed by atoms with van der Waals surface area (Å²) in [6.07, 6.45) is -11.3. The Kier molecular flexibility index (Phi) is 10.2. The molecule has 16 heteroatoms. The van der Waals surface area contributed by atoms with Gasteiger partial charge < -0.3 is 23.7 Å². The summed E-state index contributed by atoms with van der Waals surface area (Å²) < 4.78 is 108. The number of nitrogens with one attached hydrogen (secondary N) is 1. The van der Waals surface area contributed by atoms with Crippen LogP contribution in [0.3, 0.4) is 0 Å². The Morgan fingerprint density at radius 3 is 2.49 bits per heavy atom. The third kappa shape index (κ3) is 8.25. The lowest BCUT2D eigenvalue weighted by Crippen LogP contribution is -2.46. The van der Waals surface area contributed by atoms with Gasteiger partial charge in [0.15, 0.2) is 5.69 Å². The fourth-order valence-corrected chi connectivity index (χ4v) is 4.02. The lowest BCUT2D eigenvalue weighted by molar-refractivity contribution is -0.294. The Bertz CT molecular complexity index is 1330. The van der Waals surface area contributed by atoms with E-state index >= 15 is 0 Å². The van der Waals surface area contributed by atoms with Crippen molar-refractivity contribution in [1.82, 2.24) is 15.2 Å². The molecule has 4 bridgehead atoms. The average Bonchev–Trinajstić information content (AvgIpc) is 3.36. The Hall–Kier alpha value is -3.66. The number of aromatic nitrogens is 3. The van der Waals surface area contributed by atoms with Crippen LogP contribution >= 0.6 is 0 Å². The van der Waals surface area contributed by atoms with Crippen molar-refractivity contribution < 1.29 is 54.9 Å². The molecule has 0 spiro atoms. The number of nitrogens with zero attached hydrogens (tertiary/aromatic N) is 3. The fraction of sp³-hybridized carbons (Fsp3) is 0.556. The summed E-state index contributed by atoms with van der Waals surface area (Å²) in [6, 6.07) is 0.474. The normalized spacial score (nSPS) is 20.5. The molecule has 2 unspecified atom stereocenters. The first kappa shape index (κ1) is 33.8. The van der Waals surface area contributed by atoms with Gasteiger partial charge in [-0.25, -0.2) is 9.78 Å². The standard InChI is InChI=1S/C27H32F6N4O6/c1-6-15(7-2)14-41-25(27(31,32)33)11-10-16(38)9-8-12-40-20-17(26(28,29)30)13-18(34-23(39)43-24(3,4)5)19(35-20)21-36-37-22(25)42-21/h6-7,13,16,38H,1,8-12,14H2,2-5H3,(H,34,39)/b15-7+. The number of pyridine rings is 1. The number of fused-ring (bicyclic) bond motifs is 5. The second-order valence-corrected chi connectivity index (χ2v) is 10.6. The number of carbonyl (C=O) groups is 1. The number of allylic oxidation sites excluding steroid dienone is 1. The smallest absolute Gasteiger partial charge is 0.426 e. The van der Waals surface area contributed by atoms with Crippen molar-refractivity contribution in [3.63, 3.8) is 0 Å². The monoisotopic (exact) mass is 622 g/mol. The first-order valence-corrected chi connectivity index (χ1v) is 13.2. The van der Waals surface area contributed by atoms with Gasteiger partial charge in [-0.05, 0) is 65.0 Å². The summed E-state index contributed by atoms with van der Waals surface area (Å²) in [4.78, 5) is 16.3. The Labute approximate surface area is 243 Å². The summed E-state index contributed by atoms with van der Waals surface area (Å²) in [7, 11) is 0. The molecule has 2 atom stereocenters. The lowest BCUT2D eigenvalue weighted by Gasteiger charge is -2.33. The van der Waals surface area contributed by atoms with E-state index in [1.54, 1.807) is 6.92 Å². The van der Waals surface area contributed by atoms with Crippen molar-refractivity contribution in [3.05, 3.63) is 41.8 Å². The molecular formula is C27H32F6N4O6. The zero-order chi connectivity index (χ0) is 32.2. The van der Waals surface area contributed by atoms with Crippen molar-refractivity contribution in [3.8, 4) is 17.5 Å². The number of hydrogen-bond donors (Lipinski definition) is 2. The molecule has 0 radical (unpaired) electrons. The first-order valence-electron chi connectivity index (χ1n) is 13.2. The number of alkyl halides is 6. The van der Waals surface area contributed by atoms with Crippen LogP contribution in [0, 0.1) is 0 Å². The van der Waals surface area contributed by atoms with Gasteiger partial charge in [-0.2, -0.15) is 26.3 Å². The highest BCUT2D eigenvalue weighted by molar-refractivity contribution is 5.89. The molecule has 1 aliphatic heterocycles. The van der Waals surface area contributed by atoms with Gasteiger partial charge in [-0.1, -0.05) is 18.7 Å². The number of amides is 1. The SMILES string of the molecule is C=C/C(=C\C)COC1(C(F)(F)F)CCC(O)CCCOc2nc(c(NC(=O)OC(C)(C)C)cc2C(F)(F)F)-c2nnc1o2. The van der Waals surface area contributed by atoms with Crippen LogP contribution in [0.25, 0.3) is 11.6 Å². The zero-order valence-electron chi connectivity index (χ0n) is 23.9. The molecule has 0 saturated carbocycles. The predicted octanol–water partition coefficient (Wildman–Crippen LogP) is 6.72. The van der Waals surface area contributed by atoms with Crippen molar-refractivity contribution in [1.29, 1.82) is 0 Å². The van der Waals surface area contributed by atoms with Crippen molar-refractivity contribution in [2.45, 2.75) is 83.0 Å². The van der Waals surface area contributed by atoms with Gasteiger partial charge in [0.2, 0.25) is 11.5 Å². The maximum absolute atomic E-state index is 14.8. The molecule has 0 fully saturated rings. The highest BCUT2D eigenvalue weighted by Gasteiger charge is 2.61. The van der Waals surface area contributed by atoms with Gasteiger partial charge in [0.25, 0.3) is 11.8 Å². The third-order valence-corrected chi connectivity index (χ3v) is 6.23.